The van der Waals surface area contributed by atoms with Crippen LogP contribution in [-0.2, 0) is 4.74 Å². The standard InChI is InChI=1S/C9H16N2O2/c12-9-10-8(7-13-9)3-6-11-4-1-2-5-11/h8H,1-7H2,(H,10,12). The third-order valence-corrected chi connectivity index (χ3v) is 2.73. The molecule has 0 aromatic rings. The number of carbonyl (C=O) groups is 1. The molecule has 2 rings (SSSR count). The lowest BCUT2D eigenvalue weighted by molar-refractivity contribution is 0.176. The first-order valence-corrected chi connectivity index (χ1v) is 5.00. The van der Waals surface area contributed by atoms with Crippen LogP contribution in [0.25, 0.3) is 0 Å². The van der Waals surface area contributed by atoms with Crippen LogP contribution in [0.4, 0.5) is 4.79 Å². The number of alkyl carbamates (subject to hydrolysis) is 1. The average Bonchev–Trinajstić information content (AvgIpc) is 2.71. The summed E-state index contributed by atoms with van der Waals surface area (Å²) in [6.07, 6.45) is 3.42. The van der Waals surface area contributed by atoms with Crippen LogP contribution in [0.5, 0.6) is 0 Å². The number of cyclic esters (lactones) is 1. The summed E-state index contributed by atoms with van der Waals surface area (Å²) in [6, 6.07) is 0.244. The van der Waals surface area contributed by atoms with Crippen molar-refractivity contribution in [3.63, 3.8) is 0 Å². The number of amides is 1. The Balaban J connectivity index is 1.64. The summed E-state index contributed by atoms with van der Waals surface area (Å²) < 4.78 is 4.81. The molecule has 0 saturated carbocycles. The first-order chi connectivity index (χ1) is 6.34. The highest BCUT2D eigenvalue weighted by atomic mass is 16.6. The van der Waals surface area contributed by atoms with Gasteiger partial charge in [0.05, 0.1) is 6.04 Å². The number of likely N-dealkylation sites (tertiary alicyclic amines) is 1. The number of hydrogen-bond acceptors (Lipinski definition) is 3. The Morgan fingerprint density at radius 3 is 2.85 bits per heavy atom. The van der Waals surface area contributed by atoms with Crippen LogP contribution in [0.2, 0.25) is 0 Å². The molecule has 1 N–H and O–H groups in total. The third kappa shape index (κ3) is 2.34. The van der Waals surface area contributed by atoms with Crippen LogP contribution in [-0.4, -0.2) is 43.3 Å². The normalized spacial score (nSPS) is 28.9. The fourth-order valence-electron chi connectivity index (χ4n) is 1.93. The van der Waals surface area contributed by atoms with Crippen molar-refractivity contribution in [2.24, 2.45) is 0 Å². The molecule has 0 aromatic carbocycles. The molecule has 1 atom stereocenters. The van der Waals surface area contributed by atoms with E-state index in [0.29, 0.717) is 6.61 Å². The largest absolute Gasteiger partial charge is 0.447 e. The van der Waals surface area contributed by atoms with E-state index in [2.05, 4.69) is 10.2 Å². The minimum Gasteiger partial charge on any atom is -0.447 e. The van der Waals surface area contributed by atoms with Crippen molar-refractivity contribution in [2.75, 3.05) is 26.2 Å². The molecular formula is C9H16N2O2. The molecular weight excluding hydrogens is 168 g/mol. The van der Waals surface area contributed by atoms with Crippen LogP contribution in [0.3, 0.4) is 0 Å². The Morgan fingerprint density at radius 1 is 1.46 bits per heavy atom. The number of hydrogen-bond donors (Lipinski definition) is 1. The summed E-state index contributed by atoms with van der Waals surface area (Å²) in [6.45, 7) is 4.09. The van der Waals surface area contributed by atoms with E-state index in [9.17, 15) is 4.79 Å². The number of ether oxygens (including phenoxy) is 1. The van der Waals surface area contributed by atoms with Crippen molar-refractivity contribution in [3.05, 3.63) is 0 Å². The smallest absolute Gasteiger partial charge is 0.407 e. The zero-order valence-electron chi connectivity index (χ0n) is 7.79. The zero-order valence-corrected chi connectivity index (χ0v) is 7.79. The maximum absolute atomic E-state index is 10.7. The Labute approximate surface area is 78.2 Å². The van der Waals surface area contributed by atoms with Gasteiger partial charge in [0, 0.05) is 6.54 Å². The maximum atomic E-state index is 10.7. The van der Waals surface area contributed by atoms with E-state index in [4.69, 9.17) is 4.74 Å². The van der Waals surface area contributed by atoms with E-state index in [1.54, 1.807) is 0 Å². The zero-order chi connectivity index (χ0) is 9.10. The van der Waals surface area contributed by atoms with Gasteiger partial charge in [0.25, 0.3) is 0 Å². The second-order valence-electron chi connectivity index (χ2n) is 3.78. The van der Waals surface area contributed by atoms with Crippen molar-refractivity contribution in [1.82, 2.24) is 10.2 Å². The van der Waals surface area contributed by atoms with E-state index in [-0.39, 0.29) is 12.1 Å². The summed E-state index contributed by atoms with van der Waals surface area (Å²) in [4.78, 5) is 13.2. The lowest BCUT2D eigenvalue weighted by atomic mass is 10.2. The van der Waals surface area contributed by atoms with E-state index in [1.807, 2.05) is 0 Å². The Morgan fingerprint density at radius 2 is 2.23 bits per heavy atom. The SMILES string of the molecule is O=C1NC(CCN2CCCC2)CO1. The van der Waals surface area contributed by atoms with Gasteiger partial charge in [-0.15, -0.1) is 0 Å². The first-order valence-electron chi connectivity index (χ1n) is 5.00. The van der Waals surface area contributed by atoms with Crippen LogP contribution < -0.4 is 5.32 Å². The molecule has 0 aromatic heterocycles. The van der Waals surface area contributed by atoms with E-state index in [1.165, 1.54) is 25.9 Å². The number of nitrogens with one attached hydrogen (secondary N) is 1. The van der Waals surface area contributed by atoms with Crippen molar-refractivity contribution >= 4 is 6.09 Å². The fraction of sp³-hybridized carbons (Fsp3) is 0.889. The monoisotopic (exact) mass is 184 g/mol. The maximum Gasteiger partial charge on any atom is 0.407 e. The molecule has 13 heavy (non-hydrogen) atoms. The molecule has 74 valence electrons. The molecule has 4 nitrogen and oxygen atoms in total. The van der Waals surface area contributed by atoms with Crippen molar-refractivity contribution in [1.29, 1.82) is 0 Å². The fourth-order valence-corrected chi connectivity index (χ4v) is 1.93. The topological polar surface area (TPSA) is 41.6 Å². The predicted molar refractivity (Wildman–Crippen MR) is 48.6 cm³/mol. The molecule has 0 radical (unpaired) electrons. The summed E-state index contributed by atoms with van der Waals surface area (Å²) >= 11 is 0. The van der Waals surface area contributed by atoms with Gasteiger partial charge in [-0.1, -0.05) is 0 Å². The molecule has 0 spiro atoms. The van der Waals surface area contributed by atoms with Gasteiger partial charge in [-0.05, 0) is 32.4 Å². The summed E-state index contributed by atoms with van der Waals surface area (Å²) in [5, 5.41) is 2.79. The van der Waals surface area contributed by atoms with Gasteiger partial charge in [0.2, 0.25) is 0 Å². The quantitative estimate of drug-likeness (QED) is 0.697. The minimum atomic E-state index is -0.258. The predicted octanol–water partition coefficient (Wildman–Crippen LogP) is 0.581. The summed E-state index contributed by atoms with van der Waals surface area (Å²) in [7, 11) is 0. The molecule has 2 aliphatic heterocycles. The number of rotatable bonds is 3. The highest BCUT2D eigenvalue weighted by Crippen LogP contribution is 2.10. The highest BCUT2D eigenvalue weighted by molar-refractivity contribution is 5.69. The van der Waals surface area contributed by atoms with Crippen molar-refractivity contribution in [2.45, 2.75) is 25.3 Å². The summed E-state index contributed by atoms with van der Waals surface area (Å²) in [5.74, 6) is 0. The van der Waals surface area contributed by atoms with Gasteiger partial charge in [-0.2, -0.15) is 0 Å². The molecule has 0 bridgehead atoms. The van der Waals surface area contributed by atoms with Gasteiger partial charge in [0.1, 0.15) is 6.61 Å². The van der Waals surface area contributed by atoms with Gasteiger partial charge in [0.15, 0.2) is 0 Å². The van der Waals surface area contributed by atoms with E-state index in [0.717, 1.165) is 13.0 Å². The minimum absolute atomic E-state index is 0.244. The Kier molecular flexibility index (Phi) is 2.68. The van der Waals surface area contributed by atoms with Crippen molar-refractivity contribution < 1.29 is 9.53 Å². The van der Waals surface area contributed by atoms with Crippen LogP contribution in [0.1, 0.15) is 19.3 Å². The molecule has 1 amide bonds. The molecule has 4 heteroatoms. The Bertz CT molecular complexity index is 190. The second-order valence-corrected chi connectivity index (χ2v) is 3.78. The Hall–Kier alpha value is -0.770. The van der Waals surface area contributed by atoms with Crippen LogP contribution in [0.15, 0.2) is 0 Å². The van der Waals surface area contributed by atoms with Gasteiger partial charge in [-0.25, -0.2) is 4.79 Å². The number of nitrogens with zero attached hydrogens (tertiary/aromatic N) is 1. The third-order valence-electron chi connectivity index (χ3n) is 2.73. The lowest BCUT2D eigenvalue weighted by Gasteiger charge is -2.16. The lowest BCUT2D eigenvalue weighted by Crippen LogP contribution is -2.31. The molecule has 2 heterocycles. The molecule has 2 saturated heterocycles. The highest BCUT2D eigenvalue weighted by Gasteiger charge is 2.22. The summed E-state index contributed by atoms with van der Waals surface area (Å²) in [5.41, 5.74) is 0. The van der Waals surface area contributed by atoms with Gasteiger partial charge >= 0.3 is 6.09 Å². The van der Waals surface area contributed by atoms with E-state index >= 15 is 0 Å². The molecule has 0 aliphatic carbocycles. The van der Waals surface area contributed by atoms with Crippen molar-refractivity contribution in [3.8, 4) is 0 Å². The van der Waals surface area contributed by atoms with Crippen LogP contribution in [0, 0.1) is 0 Å². The molecule has 2 fully saturated rings. The average molecular weight is 184 g/mol. The second kappa shape index (κ2) is 3.96. The molecule has 2 aliphatic rings. The van der Waals surface area contributed by atoms with Crippen LogP contribution >= 0.6 is 0 Å². The molecule has 1 unspecified atom stereocenters. The van der Waals surface area contributed by atoms with Gasteiger partial charge < -0.3 is 15.0 Å². The first kappa shape index (κ1) is 8.81. The van der Waals surface area contributed by atoms with E-state index < -0.39 is 0 Å². The number of carbonyl (C=O) groups excluding carboxylic acids is 1. The van der Waals surface area contributed by atoms with Gasteiger partial charge in [-0.3, -0.25) is 0 Å².